The molecule has 1 aromatic carbocycles. The van der Waals surface area contributed by atoms with Gasteiger partial charge in [0.05, 0.1) is 22.6 Å². The van der Waals surface area contributed by atoms with Crippen molar-refractivity contribution in [2.24, 2.45) is 5.92 Å². The molecule has 0 aromatic heterocycles. The molecule has 0 unspecified atom stereocenters. The van der Waals surface area contributed by atoms with Crippen molar-refractivity contribution in [3.8, 4) is 6.07 Å². The fourth-order valence-corrected chi connectivity index (χ4v) is 3.72. The molecule has 110 valence electrons. The van der Waals surface area contributed by atoms with Crippen LogP contribution in [0.2, 0.25) is 0 Å². The van der Waals surface area contributed by atoms with Crippen LogP contribution in [-0.2, 0) is 9.84 Å². The molecule has 1 aromatic rings. The van der Waals surface area contributed by atoms with E-state index in [1.54, 1.807) is 6.07 Å². The Hall–Kier alpha value is -1.38. The van der Waals surface area contributed by atoms with Gasteiger partial charge in [-0.1, -0.05) is 12.1 Å². The van der Waals surface area contributed by atoms with Gasteiger partial charge in [0.15, 0.2) is 9.84 Å². The van der Waals surface area contributed by atoms with E-state index in [1.807, 2.05) is 44.9 Å². The lowest BCUT2D eigenvalue weighted by atomic mass is 10.2. The van der Waals surface area contributed by atoms with Crippen molar-refractivity contribution >= 4 is 9.84 Å². The molecule has 0 heterocycles. The van der Waals surface area contributed by atoms with Gasteiger partial charge in [0.25, 0.3) is 0 Å². The van der Waals surface area contributed by atoms with Crippen LogP contribution in [0.4, 0.5) is 0 Å². The fraction of sp³-hybridized carbons (Fsp3) is 0.533. The Balaban J connectivity index is 2.76. The van der Waals surface area contributed by atoms with Gasteiger partial charge in [0.2, 0.25) is 0 Å². The van der Waals surface area contributed by atoms with E-state index >= 15 is 0 Å². The highest BCUT2D eigenvalue weighted by Gasteiger charge is 2.18. The largest absolute Gasteiger partial charge is 0.304 e. The molecule has 4 nitrogen and oxygen atoms in total. The minimum atomic E-state index is -3.28. The zero-order chi connectivity index (χ0) is 15.3. The second-order valence-corrected chi connectivity index (χ2v) is 7.46. The van der Waals surface area contributed by atoms with Gasteiger partial charge >= 0.3 is 0 Å². The van der Waals surface area contributed by atoms with Crippen LogP contribution in [0.15, 0.2) is 23.1 Å². The lowest BCUT2D eigenvalue weighted by molar-refractivity contribution is 0.327. The van der Waals surface area contributed by atoms with E-state index in [0.29, 0.717) is 18.0 Å². The minimum absolute atomic E-state index is 0.0753. The zero-order valence-electron chi connectivity index (χ0n) is 12.5. The molecule has 1 atom stereocenters. The van der Waals surface area contributed by atoms with Crippen LogP contribution in [0.5, 0.6) is 0 Å². The molecule has 0 spiro atoms. The normalized spacial score (nSPS) is 13.2. The summed E-state index contributed by atoms with van der Waals surface area (Å²) in [6.45, 7) is 6.54. The Kier molecular flexibility index (Phi) is 5.73. The van der Waals surface area contributed by atoms with Gasteiger partial charge in [-0.25, -0.2) is 8.42 Å². The zero-order valence-corrected chi connectivity index (χ0v) is 13.4. The molecular formula is C15H22N2O2S. The van der Waals surface area contributed by atoms with Crippen LogP contribution < -0.4 is 0 Å². The molecule has 0 saturated heterocycles. The van der Waals surface area contributed by atoms with E-state index < -0.39 is 9.84 Å². The topological polar surface area (TPSA) is 61.2 Å². The van der Waals surface area contributed by atoms with Crippen LogP contribution in [0, 0.1) is 31.1 Å². The summed E-state index contributed by atoms with van der Waals surface area (Å²) in [4.78, 5) is 2.30. The fourth-order valence-electron chi connectivity index (χ4n) is 2.03. The highest BCUT2D eigenvalue weighted by atomic mass is 32.2. The first-order valence-corrected chi connectivity index (χ1v) is 8.29. The van der Waals surface area contributed by atoms with Crippen LogP contribution in [-0.4, -0.2) is 39.2 Å². The van der Waals surface area contributed by atoms with E-state index in [2.05, 4.69) is 6.07 Å². The van der Waals surface area contributed by atoms with Gasteiger partial charge in [0.1, 0.15) is 0 Å². The highest BCUT2D eigenvalue weighted by molar-refractivity contribution is 7.91. The second-order valence-electron chi connectivity index (χ2n) is 5.38. The molecule has 0 aliphatic heterocycles. The maximum atomic E-state index is 12.4. The van der Waals surface area contributed by atoms with Gasteiger partial charge in [-0.3, -0.25) is 0 Å². The van der Waals surface area contributed by atoms with Gasteiger partial charge in [-0.2, -0.15) is 5.26 Å². The Morgan fingerprint density at radius 2 is 2.00 bits per heavy atom. The van der Waals surface area contributed by atoms with Crippen molar-refractivity contribution < 1.29 is 8.42 Å². The smallest absolute Gasteiger partial charge is 0.179 e. The van der Waals surface area contributed by atoms with Crippen LogP contribution in [0.3, 0.4) is 0 Å². The second kappa shape index (κ2) is 6.87. The molecule has 0 amide bonds. The Morgan fingerprint density at radius 3 is 2.60 bits per heavy atom. The monoisotopic (exact) mass is 294 g/mol. The van der Waals surface area contributed by atoms with Crippen molar-refractivity contribution in [3.63, 3.8) is 0 Å². The molecule has 0 saturated carbocycles. The highest BCUT2D eigenvalue weighted by Crippen LogP contribution is 2.18. The van der Waals surface area contributed by atoms with Crippen molar-refractivity contribution in [3.05, 3.63) is 29.3 Å². The summed E-state index contributed by atoms with van der Waals surface area (Å²) in [6, 6.07) is 7.62. The molecule has 0 bridgehead atoms. The van der Waals surface area contributed by atoms with Gasteiger partial charge in [-0.15, -0.1) is 0 Å². The number of aryl methyl sites for hydroxylation is 2. The summed E-state index contributed by atoms with van der Waals surface area (Å²) < 4.78 is 24.7. The molecule has 0 N–H and O–H groups in total. The predicted octanol–water partition coefficient (Wildman–Crippen LogP) is 2.17. The number of hydrogen-bond acceptors (Lipinski definition) is 4. The summed E-state index contributed by atoms with van der Waals surface area (Å²) in [7, 11) is -1.44. The molecule has 1 rings (SSSR count). The number of benzene rings is 1. The molecule has 20 heavy (non-hydrogen) atoms. The number of sulfone groups is 1. The van der Waals surface area contributed by atoms with E-state index in [4.69, 9.17) is 5.26 Å². The maximum Gasteiger partial charge on any atom is 0.179 e. The Morgan fingerprint density at radius 1 is 1.35 bits per heavy atom. The first-order valence-electron chi connectivity index (χ1n) is 6.64. The SMILES string of the molecule is Cc1ccc(C)c(S(=O)(=O)CCN(C)C[C@H](C)C#N)c1. The molecule has 0 fully saturated rings. The van der Waals surface area contributed by atoms with E-state index in [1.165, 1.54) is 0 Å². The predicted molar refractivity (Wildman–Crippen MR) is 80.2 cm³/mol. The average molecular weight is 294 g/mol. The van der Waals surface area contributed by atoms with E-state index in [0.717, 1.165) is 11.1 Å². The number of nitrogens with zero attached hydrogens (tertiary/aromatic N) is 2. The third kappa shape index (κ3) is 4.62. The summed E-state index contributed by atoms with van der Waals surface area (Å²) >= 11 is 0. The number of nitriles is 1. The average Bonchev–Trinajstić information content (AvgIpc) is 2.39. The van der Waals surface area contributed by atoms with Gasteiger partial charge in [-0.05, 0) is 45.0 Å². The molecule has 0 aliphatic carbocycles. The van der Waals surface area contributed by atoms with Crippen molar-refractivity contribution in [2.75, 3.05) is 25.9 Å². The van der Waals surface area contributed by atoms with Gasteiger partial charge < -0.3 is 4.90 Å². The molecular weight excluding hydrogens is 272 g/mol. The first kappa shape index (κ1) is 16.7. The van der Waals surface area contributed by atoms with E-state index in [-0.39, 0.29) is 11.7 Å². The van der Waals surface area contributed by atoms with Crippen molar-refractivity contribution in [1.82, 2.24) is 4.90 Å². The number of hydrogen-bond donors (Lipinski definition) is 0. The summed E-state index contributed by atoms with van der Waals surface area (Å²) in [5.74, 6) is -0.0187. The summed E-state index contributed by atoms with van der Waals surface area (Å²) in [5.41, 5.74) is 1.73. The number of rotatable bonds is 6. The van der Waals surface area contributed by atoms with Crippen molar-refractivity contribution in [1.29, 1.82) is 5.26 Å². The third-order valence-electron chi connectivity index (χ3n) is 3.23. The Bertz CT molecular complexity index is 603. The minimum Gasteiger partial charge on any atom is -0.304 e. The van der Waals surface area contributed by atoms with Crippen LogP contribution >= 0.6 is 0 Å². The van der Waals surface area contributed by atoms with E-state index in [9.17, 15) is 8.42 Å². The Labute approximate surface area is 121 Å². The van der Waals surface area contributed by atoms with Gasteiger partial charge in [0, 0.05) is 13.1 Å². The summed E-state index contributed by atoms with van der Waals surface area (Å²) in [6.07, 6.45) is 0. The standard InChI is InChI=1S/C15H22N2O2S/c1-12-5-6-14(3)15(9-12)20(18,19)8-7-17(4)11-13(2)10-16/h5-6,9,13H,7-8,11H2,1-4H3/t13-/m1/s1. The molecule has 0 radical (unpaired) electrons. The van der Waals surface area contributed by atoms with Crippen molar-refractivity contribution in [2.45, 2.75) is 25.7 Å². The third-order valence-corrected chi connectivity index (χ3v) is 5.06. The lowest BCUT2D eigenvalue weighted by Gasteiger charge is -2.18. The molecule has 0 aliphatic rings. The summed E-state index contributed by atoms with van der Waals surface area (Å²) in [5, 5.41) is 8.76. The molecule has 5 heteroatoms. The quantitative estimate of drug-likeness (QED) is 0.806. The first-order chi connectivity index (χ1) is 9.26. The van der Waals surface area contributed by atoms with Crippen LogP contribution in [0.1, 0.15) is 18.1 Å². The lowest BCUT2D eigenvalue weighted by Crippen LogP contribution is -2.29. The maximum absolute atomic E-state index is 12.4. The van der Waals surface area contributed by atoms with Crippen LogP contribution in [0.25, 0.3) is 0 Å².